The average molecular weight is 114 g/mol. The van der Waals surface area contributed by atoms with Gasteiger partial charge in [0.25, 0.3) is 6.47 Å². The van der Waals surface area contributed by atoms with Crippen molar-refractivity contribution in [3.05, 3.63) is 0 Å². The van der Waals surface area contributed by atoms with Crippen molar-refractivity contribution in [2.24, 2.45) is 0 Å². The van der Waals surface area contributed by atoms with Gasteiger partial charge in [0.15, 0.2) is 6.79 Å². The number of terminal acetylenes is 1. The molecule has 3 heteroatoms. The van der Waals surface area contributed by atoms with Gasteiger partial charge < -0.3 is 9.47 Å². The van der Waals surface area contributed by atoms with Crippen molar-refractivity contribution >= 4 is 6.47 Å². The number of hydrogen-bond donors (Lipinski definition) is 0. The number of rotatable bonds is 4. The van der Waals surface area contributed by atoms with Crippen LogP contribution in [0.3, 0.4) is 0 Å². The maximum Gasteiger partial charge on any atom is 0.295 e. The van der Waals surface area contributed by atoms with E-state index in [4.69, 9.17) is 6.42 Å². The monoisotopic (exact) mass is 114 g/mol. The Kier molecular flexibility index (Phi) is 5.23. The van der Waals surface area contributed by atoms with Crippen LogP contribution in [-0.4, -0.2) is 19.9 Å². The van der Waals surface area contributed by atoms with Crippen molar-refractivity contribution in [2.75, 3.05) is 13.4 Å². The van der Waals surface area contributed by atoms with E-state index < -0.39 is 0 Å². The highest BCUT2D eigenvalue weighted by atomic mass is 16.7. The smallest absolute Gasteiger partial charge is 0.295 e. The molecule has 0 saturated carbocycles. The Bertz CT molecular complexity index is 92.3. The zero-order chi connectivity index (χ0) is 6.24. The molecule has 0 aliphatic carbocycles. The van der Waals surface area contributed by atoms with E-state index in [0.29, 0.717) is 6.47 Å². The standard InChI is InChI=1S/C5H6O3/c1-2-3-7-5-8-4-6/h1,4H,3,5H2. The van der Waals surface area contributed by atoms with E-state index in [1.807, 2.05) is 0 Å². The van der Waals surface area contributed by atoms with Gasteiger partial charge >= 0.3 is 0 Å². The Morgan fingerprint density at radius 1 is 1.75 bits per heavy atom. The second-order valence-electron chi connectivity index (χ2n) is 0.933. The Hall–Kier alpha value is -1.01. The lowest BCUT2D eigenvalue weighted by Crippen LogP contribution is -1.97. The molecule has 0 fully saturated rings. The van der Waals surface area contributed by atoms with Crippen LogP contribution in [0.15, 0.2) is 0 Å². The summed E-state index contributed by atoms with van der Waals surface area (Å²) in [7, 11) is 0. The molecular formula is C5H6O3. The predicted molar refractivity (Wildman–Crippen MR) is 26.8 cm³/mol. The van der Waals surface area contributed by atoms with Gasteiger partial charge in [-0.2, -0.15) is 0 Å². The van der Waals surface area contributed by atoms with Crippen molar-refractivity contribution in [3.8, 4) is 12.3 Å². The van der Waals surface area contributed by atoms with E-state index >= 15 is 0 Å². The van der Waals surface area contributed by atoms with E-state index in [-0.39, 0.29) is 13.4 Å². The quantitative estimate of drug-likeness (QED) is 0.219. The second-order valence-corrected chi connectivity index (χ2v) is 0.933. The maximum absolute atomic E-state index is 9.41. The summed E-state index contributed by atoms with van der Waals surface area (Å²) in [4.78, 5) is 9.41. The first-order valence-corrected chi connectivity index (χ1v) is 1.98. The van der Waals surface area contributed by atoms with Crippen LogP contribution in [0.2, 0.25) is 0 Å². The van der Waals surface area contributed by atoms with E-state index in [9.17, 15) is 4.79 Å². The van der Waals surface area contributed by atoms with Gasteiger partial charge in [-0.15, -0.1) is 6.42 Å². The third-order valence-corrected chi connectivity index (χ3v) is 0.405. The minimum Gasteiger partial charge on any atom is -0.441 e. The molecule has 44 valence electrons. The van der Waals surface area contributed by atoms with Gasteiger partial charge in [-0.1, -0.05) is 5.92 Å². The van der Waals surface area contributed by atoms with Crippen LogP contribution >= 0.6 is 0 Å². The molecule has 0 N–H and O–H groups in total. The fourth-order valence-electron chi connectivity index (χ4n) is 0.176. The lowest BCUT2D eigenvalue weighted by atomic mass is 10.8. The minimum absolute atomic E-state index is 0.0618. The normalized spacial score (nSPS) is 7.38. The summed E-state index contributed by atoms with van der Waals surface area (Å²) >= 11 is 0. The second kappa shape index (κ2) is 5.99. The van der Waals surface area contributed by atoms with Crippen LogP contribution in [0.25, 0.3) is 0 Å². The molecule has 0 unspecified atom stereocenters. The summed E-state index contributed by atoms with van der Waals surface area (Å²) in [5, 5.41) is 0. The van der Waals surface area contributed by atoms with Gasteiger partial charge in [0.05, 0.1) is 0 Å². The highest BCUT2D eigenvalue weighted by Crippen LogP contribution is 1.70. The zero-order valence-electron chi connectivity index (χ0n) is 4.29. The SMILES string of the molecule is C#CCOCOC=O. The van der Waals surface area contributed by atoms with Crippen molar-refractivity contribution < 1.29 is 14.3 Å². The Morgan fingerprint density at radius 2 is 2.50 bits per heavy atom. The van der Waals surface area contributed by atoms with Crippen molar-refractivity contribution in [3.63, 3.8) is 0 Å². The molecule has 8 heavy (non-hydrogen) atoms. The molecule has 0 aromatic carbocycles. The highest BCUT2D eigenvalue weighted by molar-refractivity contribution is 5.36. The summed E-state index contributed by atoms with van der Waals surface area (Å²) in [6.45, 7) is 0.415. The van der Waals surface area contributed by atoms with Crippen LogP contribution in [0.1, 0.15) is 0 Å². The Balaban J connectivity index is 2.74. The molecule has 0 aromatic heterocycles. The predicted octanol–water partition coefficient (Wildman–Crippen LogP) is -0.233. The van der Waals surface area contributed by atoms with Gasteiger partial charge in [0.2, 0.25) is 0 Å². The number of carbonyl (C=O) groups is 1. The molecular weight excluding hydrogens is 108 g/mol. The van der Waals surface area contributed by atoms with E-state index in [2.05, 4.69) is 15.4 Å². The van der Waals surface area contributed by atoms with Gasteiger partial charge in [-0.05, 0) is 0 Å². The summed E-state index contributed by atoms with van der Waals surface area (Å²) in [5.74, 6) is 2.21. The molecule has 0 saturated heterocycles. The molecule has 0 rings (SSSR count). The lowest BCUT2D eigenvalue weighted by molar-refractivity contribution is -0.139. The third-order valence-electron chi connectivity index (χ3n) is 0.405. The fourth-order valence-corrected chi connectivity index (χ4v) is 0.176. The van der Waals surface area contributed by atoms with Gasteiger partial charge in [0, 0.05) is 0 Å². The molecule has 0 bridgehead atoms. The molecule has 0 radical (unpaired) electrons. The van der Waals surface area contributed by atoms with Crippen LogP contribution in [0, 0.1) is 12.3 Å². The fraction of sp³-hybridized carbons (Fsp3) is 0.400. The van der Waals surface area contributed by atoms with Crippen LogP contribution in [0.5, 0.6) is 0 Å². The molecule has 0 aliphatic heterocycles. The molecule has 0 aromatic rings. The van der Waals surface area contributed by atoms with Crippen LogP contribution < -0.4 is 0 Å². The lowest BCUT2D eigenvalue weighted by Gasteiger charge is -1.93. The summed E-state index contributed by atoms with van der Waals surface area (Å²) in [5.41, 5.74) is 0. The molecule has 0 aliphatic rings. The topological polar surface area (TPSA) is 35.5 Å². The van der Waals surface area contributed by atoms with Crippen LogP contribution in [-0.2, 0) is 14.3 Å². The Morgan fingerprint density at radius 3 is 3.00 bits per heavy atom. The number of ether oxygens (including phenoxy) is 2. The van der Waals surface area contributed by atoms with Crippen molar-refractivity contribution in [1.29, 1.82) is 0 Å². The highest BCUT2D eigenvalue weighted by Gasteiger charge is 1.77. The third kappa shape index (κ3) is 4.99. The minimum atomic E-state index is -0.0618. The molecule has 0 amide bonds. The number of carbonyl (C=O) groups excluding carboxylic acids is 1. The van der Waals surface area contributed by atoms with E-state index in [1.54, 1.807) is 0 Å². The molecule has 0 atom stereocenters. The number of hydrogen-bond acceptors (Lipinski definition) is 3. The molecule has 0 spiro atoms. The van der Waals surface area contributed by atoms with Crippen LogP contribution in [0.4, 0.5) is 0 Å². The van der Waals surface area contributed by atoms with E-state index in [0.717, 1.165) is 0 Å². The van der Waals surface area contributed by atoms with E-state index in [1.165, 1.54) is 0 Å². The van der Waals surface area contributed by atoms with Gasteiger partial charge in [-0.25, -0.2) is 0 Å². The summed E-state index contributed by atoms with van der Waals surface area (Å²) in [6, 6.07) is 0. The van der Waals surface area contributed by atoms with Gasteiger partial charge in [0.1, 0.15) is 6.61 Å². The van der Waals surface area contributed by atoms with Gasteiger partial charge in [-0.3, -0.25) is 4.79 Å². The van der Waals surface area contributed by atoms with Crippen molar-refractivity contribution in [1.82, 2.24) is 0 Å². The summed E-state index contributed by atoms with van der Waals surface area (Å²) < 4.78 is 8.67. The first kappa shape index (κ1) is 6.99. The van der Waals surface area contributed by atoms with Crippen molar-refractivity contribution in [2.45, 2.75) is 0 Å². The molecule has 3 nitrogen and oxygen atoms in total. The first-order valence-electron chi connectivity index (χ1n) is 1.98. The maximum atomic E-state index is 9.41. The zero-order valence-corrected chi connectivity index (χ0v) is 4.29. The average Bonchev–Trinajstić information content (AvgIpc) is 1.81. The Labute approximate surface area is 47.6 Å². The largest absolute Gasteiger partial charge is 0.441 e. The summed E-state index contributed by atoms with van der Waals surface area (Å²) in [6.07, 6.45) is 4.79. The first-order chi connectivity index (χ1) is 3.91. The molecule has 0 heterocycles.